The molecule has 0 aliphatic heterocycles. The first-order valence-corrected chi connectivity index (χ1v) is 15.3. The van der Waals surface area contributed by atoms with E-state index in [-0.39, 0.29) is 62.7 Å². The van der Waals surface area contributed by atoms with E-state index >= 15 is 0 Å². The van der Waals surface area contributed by atoms with Crippen molar-refractivity contribution >= 4 is 17.7 Å². The molecule has 0 aromatic rings. The van der Waals surface area contributed by atoms with Gasteiger partial charge in [-0.3, -0.25) is 19.6 Å². The van der Waals surface area contributed by atoms with Gasteiger partial charge in [0.1, 0.15) is 6.10 Å². The van der Waals surface area contributed by atoms with Gasteiger partial charge in [-0.1, -0.05) is 54.0 Å². The molecule has 0 aromatic heterocycles. The number of ether oxygens (including phenoxy) is 1. The minimum Gasteiger partial charge on any atom is -0.462 e. The SMILES string of the molecule is CC(=O)O[C@@H]1CC[C@@]2(C)C(CC[C@]3(C)[C@@H]2C(=O)C=C2[C@H]4C[C@@](C)(C(=O)N(C)O)CC[C@]4(C)CC[C@]23C)C1(C)C. The van der Waals surface area contributed by atoms with E-state index < -0.39 is 5.41 Å². The number of hydrogen-bond acceptors (Lipinski definition) is 5. The van der Waals surface area contributed by atoms with Crippen molar-refractivity contribution in [2.75, 3.05) is 7.05 Å². The molecule has 6 heteroatoms. The van der Waals surface area contributed by atoms with Crippen LogP contribution in [-0.2, 0) is 19.1 Å². The zero-order valence-electron chi connectivity index (χ0n) is 25.8. The second-order valence-electron chi connectivity index (χ2n) is 16.0. The summed E-state index contributed by atoms with van der Waals surface area (Å²) in [6.45, 7) is 17.5. The number of rotatable bonds is 2. The number of fused-ring (bicyclic) bond motifs is 7. The first kappa shape index (κ1) is 28.8. The van der Waals surface area contributed by atoms with E-state index in [1.54, 1.807) is 0 Å². The summed E-state index contributed by atoms with van der Waals surface area (Å²) in [6.07, 6.45) is 10.1. The van der Waals surface area contributed by atoms with Crippen molar-refractivity contribution in [3.05, 3.63) is 11.6 Å². The molecule has 0 spiro atoms. The summed E-state index contributed by atoms with van der Waals surface area (Å²) in [6, 6.07) is 0. The summed E-state index contributed by atoms with van der Waals surface area (Å²) in [7, 11) is 1.43. The molecular weight excluding hydrogens is 490 g/mol. The molecule has 39 heavy (non-hydrogen) atoms. The van der Waals surface area contributed by atoms with Crippen LogP contribution >= 0.6 is 0 Å². The number of carbonyl (C=O) groups excluding carboxylic acids is 3. The van der Waals surface area contributed by atoms with Gasteiger partial charge in [-0.2, -0.15) is 0 Å². The van der Waals surface area contributed by atoms with Gasteiger partial charge in [0.05, 0.1) is 0 Å². The number of allylic oxidation sites excluding steroid dienone is 2. The molecule has 0 radical (unpaired) electrons. The lowest BCUT2D eigenvalue weighted by atomic mass is 9.33. The highest BCUT2D eigenvalue weighted by Crippen LogP contribution is 2.75. The van der Waals surface area contributed by atoms with Crippen LogP contribution in [0.5, 0.6) is 0 Å². The molecule has 9 atom stereocenters. The van der Waals surface area contributed by atoms with Crippen LogP contribution in [0.15, 0.2) is 11.6 Å². The smallest absolute Gasteiger partial charge is 0.302 e. The Morgan fingerprint density at radius 3 is 2.21 bits per heavy atom. The highest BCUT2D eigenvalue weighted by Gasteiger charge is 2.70. The van der Waals surface area contributed by atoms with Crippen molar-refractivity contribution in [3.63, 3.8) is 0 Å². The van der Waals surface area contributed by atoms with Crippen LogP contribution in [0.3, 0.4) is 0 Å². The number of hydrogen-bond donors (Lipinski definition) is 1. The van der Waals surface area contributed by atoms with Crippen molar-refractivity contribution in [1.29, 1.82) is 0 Å². The van der Waals surface area contributed by atoms with Gasteiger partial charge in [0.25, 0.3) is 5.91 Å². The second-order valence-corrected chi connectivity index (χ2v) is 16.0. The highest BCUT2D eigenvalue weighted by atomic mass is 16.5. The van der Waals surface area contributed by atoms with Gasteiger partial charge in [0, 0.05) is 30.7 Å². The molecule has 5 aliphatic rings. The molecule has 0 heterocycles. The van der Waals surface area contributed by atoms with Crippen molar-refractivity contribution in [3.8, 4) is 0 Å². The summed E-state index contributed by atoms with van der Waals surface area (Å²) in [4.78, 5) is 39.5. The third-order valence-electron chi connectivity index (χ3n) is 13.6. The predicted octanol–water partition coefficient (Wildman–Crippen LogP) is 6.75. The predicted molar refractivity (Wildman–Crippen MR) is 150 cm³/mol. The van der Waals surface area contributed by atoms with Crippen LogP contribution in [0.1, 0.15) is 113 Å². The third kappa shape index (κ3) is 3.78. The Hall–Kier alpha value is -1.69. The van der Waals surface area contributed by atoms with Crippen molar-refractivity contribution in [2.45, 2.75) is 119 Å². The van der Waals surface area contributed by atoms with Crippen molar-refractivity contribution in [1.82, 2.24) is 5.06 Å². The minimum absolute atomic E-state index is 0.0633. The monoisotopic (exact) mass is 541 g/mol. The number of hydroxylamine groups is 2. The maximum Gasteiger partial charge on any atom is 0.302 e. The molecule has 5 rings (SSSR count). The average Bonchev–Trinajstić information content (AvgIpc) is 2.82. The van der Waals surface area contributed by atoms with E-state index in [0.29, 0.717) is 12.3 Å². The highest BCUT2D eigenvalue weighted by molar-refractivity contribution is 5.95. The van der Waals surface area contributed by atoms with Gasteiger partial charge in [0.15, 0.2) is 5.78 Å². The van der Waals surface area contributed by atoms with Gasteiger partial charge in [-0.15, -0.1) is 0 Å². The number of esters is 1. The lowest BCUT2D eigenvalue weighted by Crippen LogP contribution is -2.66. The lowest BCUT2D eigenvalue weighted by Gasteiger charge is -2.70. The number of carbonyl (C=O) groups is 3. The molecular formula is C33H51NO5. The molecule has 1 unspecified atom stereocenters. The Kier molecular flexibility index (Phi) is 6.40. The van der Waals surface area contributed by atoms with Crippen LogP contribution in [0.25, 0.3) is 0 Å². The Balaban J connectivity index is 1.57. The fraction of sp³-hybridized carbons (Fsp3) is 0.848. The van der Waals surface area contributed by atoms with Gasteiger partial charge in [-0.05, 0) is 97.4 Å². The molecule has 1 N–H and O–H groups in total. The van der Waals surface area contributed by atoms with E-state index in [9.17, 15) is 19.6 Å². The van der Waals surface area contributed by atoms with Gasteiger partial charge < -0.3 is 4.74 Å². The van der Waals surface area contributed by atoms with E-state index in [2.05, 4.69) is 41.5 Å². The fourth-order valence-electron chi connectivity index (χ4n) is 11.2. The first-order chi connectivity index (χ1) is 17.9. The van der Waals surface area contributed by atoms with Gasteiger partial charge >= 0.3 is 5.97 Å². The topological polar surface area (TPSA) is 83.9 Å². The van der Waals surface area contributed by atoms with Crippen molar-refractivity contribution < 1.29 is 24.3 Å². The fourth-order valence-corrected chi connectivity index (χ4v) is 11.2. The molecule has 6 nitrogen and oxygen atoms in total. The first-order valence-electron chi connectivity index (χ1n) is 15.3. The molecule has 5 aliphatic carbocycles. The normalized spacial score (nSPS) is 48.5. The molecule has 0 aromatic carbocycles. The second kappa shape index (κ2) is 8.66. The van der Waals surface area contributed by atoms with Crippen LogP contribution in [0.2, 0.25) is 0 Å². The molecule has 4 fully saturated rings. The van der Waals surface area contributed by atoms with E-state index in [0.717, 1.165) is 56.4 Å². The minimum atomic E-state index is -0.629. The lowest BCUT2D eigenvalue weighted by molar-refractivity contribution is -0.210. The number of nitrogens with zero attached hydrogens (tertiary/aromatic N) is 1. The third-order valence-corrected chi connectivity index (χ3v) is 13.6. The largest absolute Gasteiger partial charge is 0.462 e. The Bertz CT molecular complexity index is 1130. The van der Waals surface area contributed by atoms with E-state index in [4.69, 9.17) is 4.74 Å². The van der Waals surface area contributed by atoms with Crippen LogP contribution in [-0.4, -0.2) is 41.1 Å². The zero-order chi connectivity index (χ0) is 29.0. The molecule has 0 bridgehead atoms. The molecule has 0 saturated heterocycles. The number of ketones is 1. The Morgan fingerprint density at radius 2 is 1.59 bits per heavy atom. The Morgan fingerprint density at radius 1 is 0.949 bits per heavy atom. The molecule has 218 valence electrons. The summed E-state index contributed by atoms with van der Waals surface area (Å²) in [5, 5.41) is 10.8. The van der Waals surface area contributed by atoms with E-state index in [1.165, 1.54) is 19.5 Å². The molecule has 1 amide bonds. The molecule has 4 saturated carbocycles. The number of amides is 1. The average molecular weight is 542 g/mol. The summed E-state index contributed by atoms with van der Waals surface area (Å²) in [5.41, 5.74) is 0.0629. The summed E-state index contributed by atoms with van der Waals surface area (Å²) < 4.78 is 5.84. The van der Waals surface area contributed by atoms with E-state index in [1.807, 2.05) is 13.0 Å². The quantitative estimate of drug-likeness (QED) is 0.238. The summed E-state index contributed by atoms with van der Waals surface area (Å²) in [5.74, 6) is 0.210. The zero-order valence-corrected chi connectivity index (χ0v) is 25.8. The van der Waals surface area contributed by atoms with Crippen LogP contribution < -0.4 is 0 Å². The van der Waals surface area contributed by atoms with Gasteiger partial charge in [0.2, 0.25) is 0 Å². The van der Waals surface area contributed by atoms with Crippen LogP contribution in [0.4, 0.5) is 0 Å². The maximum atomic E-state index is 14.5. The summed E-state index contributed by atoms with van der Waals surface area (Å²) >= 11 is 0. The maximum absolute atomic E-state index is 14.5. The van der Waals surface area contributed by atoms with Crippen LogP contribution in [0, 0.1) is 50.2 Å². The van der Waals surface area contributed by atoms with Crippen molar-refractivity contribution in [2.24, 2.45) is 50.2 Å². The standard InChI is InChI=1S/C33H51NO5/c1-20(35)39-25-11-12-31(6)24(28(25,2)3)10-13-33(8)26(31)23(36)18-21-22-19-30(5,27(37)34(9)38)15-14-29(22,4)16-17-32(21,33)7/h18,22,24-26,38H,10-17,19H2,1-9H3/t22-,24?,25-,26-,29-,30+,31+,32-,33-/m1/s1. The van der Waals surface area contributed by atoms with Gasteiger partial charge in [-0.25, -0.2) is 5.06 Å². The Labute approximate surface area is 235 Å².